The Morgan fingerprint density at radius 2 is 2.21 bits per heavy atom. The molecular formula is C17H19ClN5O5P. The van der Waals surface area contributed by atoms with Gasteiger partial charge in [0.25, 0.3) is 0 Å². The first-order valence-electron chi connectivity index (χ1n) is 8.84. The van der Waals surface area contributed by atoms with Crippen LogP contribution in [0.15, 0.2) is 36.8 Å². The molecule has 0 aliphatic heterocycles. The fraction of sp³-hybridized carbons (Fsp3) is 0.353. The second-order valence-electron chi connectivity index (χ2n) is 6.81. The van der Waals surface area contributed by atoms with Crippen LogP contribution in [0.1, 0.15) is 12.5 Å². The lowest BCUT2D eigenvalue weighted by Crippen LogP contribution is -2.43. The summed E-state index contributed by atoms with van der Waals surface area (Å²) in [5.41, 5.74) is 6.82. The molecule has 2 heterocycles. The minimum Gasteiger partial charge on any atom is -0.404 e. The lowest BCUT2D eigenvalue weighted by Gasteiger charge is -2.44. The van der Waals surface area contributed by atoms with E-state index in [1.165, 1.54) is 18.3 Å². The highest BCUT2D eigenvalue weighted by molar-refractivity contribution is 7.47. The van der Waals surface area contributed by atoms with Gasteiger partial charge in [-0.15, -0.1) is 0 Å². The van der Waals surface area contributed by atoms with E-state index in [0.717, 1.165) is 0 Å². The maximum Gasteiger partial charge on any atom is 0.527 e. The Kier molecular flexibility index (Phi) is 5.46. The number of nitrogens with zero attached hydrogens (tertiary/aromatic N) is 4. The summed E-state index contributed by atoms with van der Waals surface area (Å²) in [4.78, 5) is 22.5. The van der Waals surface area contributed by atoms with Crippen LogP contribution in [0.2, 0.25) is 5.02 Å². The van der Waals surface area contributed by atoms with Crippen molar-refractivity contribution < 1.29 is 23.6 Å². The molecule has 2 aromatic heterocycles. The zero-order valence-electron chi connectivity index (χ0n) is 15.1. The first-order chi connectivity index (χ1) is 13.9. The number of aliphatic hydroxyl groups excluding tert-OH is 1. The van der Waals surface area contributed by atoms with Gasteiger partial charge in [0.1, 0.15) is 11.3 Å². The van der Waals surface area contributed by atoms with Gasteiger partial charge in [-0.3, -0.25) is 9.42 Å². The smallest absolute Gasteiger partial charge is 0.404 e. The van der Waals surface area contributed by atoms with E-state index < -0.39 is 7.82 Å². The largest absolute Gasteiger partial charge is 0.527 e. The van der Waals surface area contributed by atoms with E-state index >= 15 is 0 Å². The van der Waals surface area contributed by atoms with Crippen molar-refractivity contribution in [3.8, 4) is 5.75 Å². The Hall–Kier alpha value is -2.23. The number of fused-ring (bicyclic) bond motifs is 1. The number of imidazole rings is 1. The highest BCUT2D eigenvalue weighted by Gasteiger charge is 2.44. The lowest BCUT2D eigenvalue weighted by atomic mass is 9.70. The van der Waals surface area contributed by atoms with Gasteiger partial charge in [0.15, 0.2) is 5.65 Å². The van der Waals surface area contributed by atoms with E-state index in [-0.39, 0.29) is 42.8 Å². The summed E-state index contributed by atoms with van der Waals surface area (Å²) in [7, 11) is -4.37. The summed E-state index contributed by atoms with van der Waals surface area (Å²) in [6, 6.07) is 6.01. The number of hydrogen-bond donors (Lipinski definition) is 3. The normalized spacial score (nSPS) is 23.5. The van der Waals surface area contributed by atoms with Crippen LogP contribution >= 0.6 is 19.4 Å². The van der Waals surface area contributed by atoms with Crippen molar-refractivity contribution in [1.82, 2.24) is 19.5 Å². The third-order valence-corrected chi connectivity index (χ3v) is 6.17. The van der Waals surface area contributed by atoms with Gasteiger partial charge in [0, 0.05) is 23.6 Å². The number of aromatic nitrogens is 4. The second kappa shape index (κ2) is 7.89. The molecule has 0 bridgehead atoms. The molecule has 3 aromatic rings. The zero-order valence-corrected chi connectivity index (χ0v) is 16.8. The predicted molar refractivity (Wildman–Crippen MR) is 105 cm³/mol. The molecule has 4 atom stereocenters. The van der Waals surface area contributed by atoms with Gasteiger partial charge < -0.3 is 19.9 Å². The molecule has 29 heavy (non-hydrogen) atoms. The van der Waals surface area contributed by atoms with Crippen molar-refractivity contribution in [2.75, 3.05) is 18.9 Å². The van der Waals surface area contributed by atoms with Gasteiger partial charge in [-0.25, -0.2) is 14.5 Å². The molecule has 0 spiro atoms. The van der Waals surface area contributed by atoms with Crippen LogP contribution in [-0.4, -0.2) is 42.7 Å². The number of phosphoric ester groups is 1. The van der Waals surface area contributed by atoms with E-state index in [1.807, 2.05) is 4.57 Å². The molecule has 1 fully saturated rings. The molecule has 0 amide bonds. The number of nitrogen functional groups attached to an aromatic ring is 1. The highest BCUT2D eigenvalue weighted by atomic mass is 35.5. The van der Waals surface area contributed by atoms with E-state index in [9.17, 15) is 14.6 Å². The molecule has 1 aromatic carbocycles. The third kappa shape index (κ3) is 4.22. The summed E-state index contributed by atoms with van der Waals surface area (Å²) in [6.07, 6.45) is 3.79. The quantitative estimate of drug-likeness (QED) is 0.472. The van der Waals surface area contributed by atoms with Crippen LogP contribution in [0.25, 0.3) is 11.2 Å². The van der Waals surface area contributed by atoms with Crippen LogP contribution in [0, 0.1) is 11.8 Å². The van der Waals surface area contributed by atoms with Gasteiger partial charge in [-0.1, -0.05) is 17.7 Å². The van der Waals surface area contributed by atoms with Gasteiger partial charge >= 0.3 is 7.82 Å². The Bertz CT molecular complexity index is 1080. The molecule has 4 rings (SSSR count). The van der Waals surface area contributed by atoms with Crippen molar-refractivity contribution in [3.63, 3.8) is 0 Å². The van der Waals surface area contributed by atoms with Gasteiger partial charge in [0.05, 0.1) is 19.1 Å². The molecule has 154 valence electrons. The highest BCUT2D eigenvalue weighted by Crippen LogP contribution is 2.50. The Balaban J connectivity index is 1.48. The van der Waals surface area contributed by atoms with Gasteiger partial charge in [0.2, 0.25) is 5.95 Å². The predicted octanol–water partition coefficient (Wildman–Crippen LogP) is 2.43. The number of anilines is 1. The first kappa shape index (κ1) is 20.1. The van der Waals surface area contributed by atoms with E-state index in [1.54, 1.807) is 18.5 Å². The first-order valence-corrected chi connectivity index (χ1v) is 10.7. The van der Waals surface area contributed by atoms with Gasteiger partial charge in [-0.2, -0.15) is 4.98 Å². The van der Waals surface area contributed by atoms with Crippen LogP contribution in [-0.2, 0) is 9.09 Å². The average Bonchev–Trinajstić information content (AvgIpc) is 3.03. The average molecular weight is 440 g/mol. The second-order valence-corrected chi connectivity index (χ2v) is 8.63. The minimum absolute atomic E-state index is 0.0703. The monoisotopic (exact) mass is 439 g/mol. The zero-order chi connectivity index (χ0) is 20.6. The Morgan fingerprint density at radius 3 is 2.97 bits per heavy atom. The molecule has 1 aliphatic carbocycles. The van der Waals surface area contributed by atoms with E-state index in [0.29, 0.717) is 22.6 Å². The van der Waals surface area contributed by atoms with Crippen LogP contribution in [0.5, 0.6) is 5.75 Å². The molecule has 12 heteroatoms. The van der Waals surface area contributed by atoms with Crippen molar-refractivity contribution in [1.29, 1.82) is 0 Å². The number of hydrogen-bond acceptors (Lipinski definition) is 8. The minimum atomic E-state index is -4.37. The Labute approximate surface area is 170 Å². The molecule has 0 saturated heterocycles. The number of rotatable bonds is 7. The fourth-order valence-electron chi connectivity index (χ4n) is 3.50. The summed E-state index contributed by atoms with van der Waals surface area (Å²) in [6.45, 7) is -0.163. The SMILES string of the molecule is Nc1ncc2ncn([C@@H]3C[C@H](CO)[C@H]3COP(=O)(O)Oc3cccc(Cl)c3)c2n1. The van der Waals surface area contributed by atoms with Crippen molar-refractivity contribution in [3.05, 3.63) is 41.8 Å². The van der Waals surface area contributed by atoms with Crippen LogP contribution < -0.4 is 10.3 Å². The summed E-state index contributed by atoms with van der Waals surface area (Å²) in [5.74, 6) is -0.0836. The van der Waals surface area contributed by atoms with E-state index in [2.05, 4.69) is 15.0 Å². The van der Waals surface area contributed by atoms with Crippen molar-refractivity contribution in [2.45, 2.75) is 12.5 Å². The van der Waals surface area contributed by atoms with Crippen molar-refractivity contribution in [2.24, 2.45) is 11.8 Å². The standard InChI is InChI=1S/C17H19ClN5O5P/c18-11-2-1-3-12(5-11)28-29(25,26)27-8-13-10(7-24)4-15(13)23-9-21-14-6-20-17(19)22-16(14)23/h1-3,5-6,9-10,13,15,24H,4,7-8H2,(H,25,26)(H2,19,20,22)/t10-,13-,15-/m1/s1. The fourth-order valence-corrected chi connectivity index (χ4v) is 4.47. The molecule has 10 nitrogen and oxygen atoms in total. The van der Waals surface area contributed by atoms with Crippen LogP contribution in [0.3, 0.4) is 0 Å². The Morgan fingerprint density at radius 1 is 1.38 bits per heavy atom. The van der Waals surface area contributed by atoms with Crippen molar-refractivity contribution >= 4 is 36.5 Å². The molecule has 1 aliphatic rings. The number of phosphoric acid groups is 1. The number of halogens is 1. The molecule has 4 N–H and O–H groups in total. The molecule has 1 unspecified atom stereocenters. The topological polar surface area (TPSA) is 146 Å². The molecular weight excluding hydrogens is 421 g/mol. The number of aliphatic hydroxyl groups is 1. The summed E-state index contributed by atoms with van der Waals surface area (Å²) in [5, 5.41) is 9.99. The molecule has 0 radical (unpaired) electrons. The van der Waals surface area contributed by atoms with E-state index in [4.69, 9.17) is 26.4 Å². The number of benzene rings is 1. The van der Waals surface area contributed by atoms with Crippen LogP contribution in [0.4, 0.5) is 5.95 Å². The maximum atomic E-state index is 12.3. The maximum absolute atomic E-state index is 12.3. The molecule has 1 saturated carbocycles. The van der Waals surface area contributed by atoms with Gasteiger partial charge in [-0.05, 0) is 30.5 Å². The lowest BCUT2D eigenvalue weighted by molar-refractivity contribution is -0.00475. The summed E-state index contributed by atoms with van der Waals surface area (Å²) < 4.78 is 24.4. The third-order valence-electron chi connectivity index (χ3n) is 5.02. The number of nitrogens with two attached hydrogens (primary N) is 1. The summed E-state index contributed by atoms with van der Waals surface area (Å²) >= 11 is 5.86.